The van der Waals surface area contributed by atoms with Crippen LogP contribution in [0.1, 0.15) is 16.0 Å². The highest BCUT2D eigenvalue weighted by atomic mass is 32.2. The second-order valence-corrected chi connectivity index (χ2v) is 9.06. The first kappa shape index (κ1) is 17.7. The van der Waals surface area contributed by atoms with Crippen molar-refractivity contribution < 1.29 is 13.2 Å². The summed E-state index contributed by atoms with van der Waals surface area (Å²) in [6.45, 7) is 0. The largest absolute Gasteiger partial charge is 0.369 e. The molecule has 3 N–H and O–H groups in total. The Bertz CT molecular complexity index is 1120. The Morgan fingerprint density at radius 2 is 1.89 bits per heavy atom. The molecule has 0 spiro atoms. The van der Waals surface area contributed by atoms with E-state index in [2.05, 4.69) is 9.71 Å². The lowest BCUT2D eigenvalue weighted by atomic mass is 9.88. The molecule has 0 saturated heterocycles. The van der Waals surface area contributed by atoms with Crippen LogP contribution in [-0.4, -0.2) is 19.3 Å². The van der Waals surface area contributed by atoms with Crippen molar-refractivity contribution in [1.29, 1.82) is 0 Å². The number of hydrogen-bond acceptors (Lipinski definition) is 5. The third-order valence-electron chi connectivity index (χ3n) is 4.47. The number of aryl methyl sites for hydroxylation is 1. The van der Waals surface area contributed by atoms with E-state index in [1.807, 2.05) is 18.2 Å². The number of amides is 1. The van der Waals surface area contributed by atoms with Crippen LogP contribution in [-0.2, 0) is 34.1 Å². The lowest BCUT2D eigenvalue weighted by Crippen LogP contribution is -2.16. The molecule has 0 atom stereocenters. The summed E-state index contributed by atoms with van der Waals surface area (Å²) in [6.07, 6.45) is 1.72. The molecule has 1 aliphatic rings. The number of rotatable bonds is 5. The van der Waals surface area contributed by atoms with Crippen LogP contribution in [0.4, 0.5) is 5.13 Å². The number of aromatic nitrogens is 1. The van der Waals surface area contributed by atoms with Crippen LogP contribution in [0.3, 0.4) is 0 Å². The second kappa shape index (κ2) is 6.79. The number of fused-ring (bicyclic) bond motifs is 3. The number of sulfonamides is 1. The number of thiazole rings is 1. The summed E-state index contributed by atoms with van der Waals surface area (Å²) in [5.41, 5.74) is 9.04. The van der Waals surface area contributed by atoms with Crippen molar-refractivity contribution in [2.24, 2.45) is 5.73 Å². The summed E-state index contributed by atoms with van der Waals surface area (Å²) < 4.78 is 27.7. The van der Waals surface area contributed by atoms with Gasteiger partial charge < -0.3 is 5.73 Å². The van der Waals surface area contributed by atoms with Gasteiger partial charge in [0.25, 0.3) is 10.0 Å². The van der Waals surface area contributed by atoms with Gasteiger partial charge in [0.2, 0.25) is 5.91 Å². The molecule has 1 aromatic heterocycles. The first-order chi connectivity index (χ1) is 12.9. The quantitative estimate of drug-likeness (QED) is 0.689. The predicted octanol–water partition coefficient (Wildman–Crippen LogP) is 2.74. The van der Waals surface area contributed by atoms with E-state index in [9.17, 15) is 13.2 Å². The summed E-state index contributed by atoms with van der Waals surface area (Å²) in [5.74, 6) is -0.371. The minimum absolute atomic E-state index is 0.191. The minimum atomic E-state index is -3.68. The van der Waals surface area contributed by atoms with Crippen LogP contribution < -0.4 is 10.5 Å². The van der Waals surface area contributed by atoms with Crippen LogP contribution in [0.15, 0.2) is 53.4 Å². The van der Waals surface area contributed by atoms with Crippen LogP contribution in [0, 0.1) is 0 Å². The number of nitrogens with zero attached hydrogens (tertiary/aromatic N) is 1. The second-order valence-electron chi connectivity index (χ2n) is 6.30. The zero-order valence-corrected chi connectivity index (χ0v) is 15.9. The summed E-state index contributed by atoms with van der Waals surface area (Å²) >= 11 is 1.35. The molecule has 0 saturated carbocycles. The van der Waals surface area contributed by atoms with E-state index in [1.165, 1.54) is 11.3 Å². The lowest BCUT2D eigenvalue weighted by Gasteiger charge is -2.18. The Labute approximate surface area is 161 Å². The van der Waals surface area contributed by atoms with Gasteiger partial charge in [0.15, 0.2) is 5.13 Å². The van der Waals surface area contributed by atoms with E-state index < -0.39 is 10.0 Å². The fourth-order valence-corrected chi connectivity index (χ4v) is 5.52. The Kier molecular flexibility index (Phi) is 4.45. The van der Waals surface area contributed by atoms with Gasteiger partial charge in [-0.3, -0.25) is 9.52 Å². The lowest BCUT2D eigenvalue weighted by molar-refractivity contribution is -0.117. The van der Waals surface area contributed by atoms with Gasteiger partial charge in [0, 0.05) is 10.4 Å². The topological polar surface area (TPSA) is 102 Å². The number of carbonyl (C=O) groups excluding carboxylic acids is 1. The Morgan fingerprint density at radius 1 is 1.11 bits per heavy atom. The van der Waals surface area contributed by atoms with E-state index in [4.69, 9.17) is 5.73 Å². The Morgan fingerprint density at radius 3 is 2.63 bits per heavy atom. The minimum Gasteiger partial charge on any atom is -0.369 e. The number of primary amides is 1. The third kappa shape index (κ3) is 3.45. The predicted molar refractivity (Wildman–Crippen MR) is 105 cm³/mol. The third-order valence-corrected chi connectivity index (χ3v) is 6.98. The molecule has 0 aliphatic heterocycles. The molecule has 138 valence electrons. The molecule has 1 heterocycles. The first-order valence-electron chi connectivity index (χ1n) is 8.41. The molecule has 0 radical (unpaired) electrons. The number of hydrogen-bond donors (Lipinski definition) is 2. The first-order valence-corrected chi connectivity index (χ1v) is 10.7. The van der Waals surface area contributed by atoms with Gasteiger partial charge in [-0.15, -0.1) is 11.3 Å². The summed E-state index contributed by atoms with van der Waals surface area (Å²) in [7, 11) is -3.68. The van der Waals surface area contributed by atoms with Gasteiger partial charge in [-0.1, -0.05) is 36.4 Å². The number of nitrogens with one attached hydrogen (secondary N) is 1. The molecule has 0 bridgehead atoms. The fourth-order valence-electron chi connectivity index (χ4n) is 3.29. The van der Waals surface area contributed by atoms with Crippen molar-refractivity contribution in [2.75, 3.05) is 4.72 Å². The van der Waals surface area contributed by atoms with Crippen molar-refractivity contribution in [2.45, 2.75) is 24.2 Å². The molecule has 4 rings (SSSR count). The van der Waals surface area contributed by atoms with Crippen molar-refractivity contribution in [1.82, 2.24) is 4.98 Å². The molecular formula is C19H17N3O3S2. The van der Waals surface area contributed by atoms with Crippen LogP contribution in [0.2, 0.25) is 0 Å². The highest BCUT2D eigenvalue weighted by Crippen LogP contribution is 2.39. The number of anilines is 1. The zero-order chi connectivity index (χ0) is 19.0. The smallest absolute Gasteiger partial charge is 0.263 e. The van der Waals surface area contributed by atoms with Gasteiger partial charge in [0.1, 0.15) is 0 Å². The van der Waals surface area contributed by atoms with E-state index >= 15 is 0 Å². The van der Waals surface area contributed by atoms with Gasteiger partial charge >= 0.3 is 0 Å². The molecule has 8 heteroatoms. The normalized spacial score (nSPS) is 12.9. The summed E-state index contributed by atoms with van der Waals surface area (Å²) in [6, 6.07) is 13.9. The van der Waals surface area contributed by atoms with Crippen molar-refractivity contribution in [3.8, 4) is 11.3 Å². The van der Waals surface area contributed by atoms with Crippen LogP contribution in [0.25, 0.3) is 11.3 Å². The number of benzene rings is 2. The van der Waals surface area contributed by atoms with E-state index in [0.29, 0.717) is 5.13 Å². The zero-order valence-electron chi connectivity index (χ0n) is 14.3. The highest BCUT2D eigenvalue weighted by Gasteiger charge is 2.25. The molecule has 0 unspecified atom stereocenters. The SMILES string of the molecule is NC(=O)Cc1cccc2c1CCc1sc(NS(=O)(=O)c3ccccc3)nc1-2. The maximum Gasteiger partial charge on any atom is 0.263 e. The van der Waals surface area contributed by atoms with Crippen LogP contribution in [0.5, 0.6) is 0 Å². The standard InChI is InChI=1S/C19H17N3O3S2/c20-17(23)11-12-5-4-8-15-14(12)9-10-16-18(15)21-19(26-16)22-27(24,25)13-6-2-1-3-7-13/h1-8H,9-11H2,(H2,20,23)(H,21,22). The van der Waals surface area contributed by atoms with Crippen molar-refractivity contribution >= 4 is 32.4 Å². The van der Waals surface area contributed by atoms with Gasteiger partial charge in [-0.25, -0.2) is 13.4 Å². The summed E-state index contributed by atoms with van der Waals surface area (Å²) in [5, 5.41) is 0.344. The molecule has 2 aromatic carbocycles. The Balaban J connectivity index is 1.69. The molecule has 0 fully saturated rings. The molecule has 1 aliphatic carbocycles. The van der Waals surface area contributed by atoms with Gasteiger partial charge in [-0.2, -0.15) is 0 Å². The molecule has 6 nitrogen and oxygen atoms in total. The monoisotopic (exact) mass is 399 g/mol. The number of nitrogens with two attached hydrogens (primary N) is 1. The van der Waals surface area contributed by atoms with E-state index in [1.54, 1.807) is 30.3 Å². The van der Waals surface area contributed by atoms with E-state index in [0.717, 1.165) is 40.1 Å². The average Bonchev–Trinajstić information content (AvgIpc) is 3.04. The maximum atomic E-state index is 12.5. The molecule has 3 aromatic rings. The molecular weight excluding hydrogens is 382 g/mol. The Hall–Kier alpha value is -2.71. The van der Waals surface area contributed by atoms with Gasteiger partial charge in [0.05, 0.1) is 17.0 Å². The maximum absolute atomic E-state index is 12.5. The molecule has 27 heavy (non-hydrogen) atoms. The fraction of sp³-hybridized carbons (Fsp3) is 0.158. The van der Waals surface area contributed by atoms with Crippen molar-refractivity contribution in [3.63, 3.8) is 0 Å². The van der Waals surface area contributed by atoms with Crippen molar-refractivity contribution in [3.05, 3.63) is 64.5 Å². The number of carbonyl (C=O) groups is 1. The average molecular weight is 399 g/mol. The van der Waals surface area contributed by atoms with Crippen LogP contribution >= 0.6 is 11.3 Å². The molecule has 1 amide bonds. The van der Waals surface area contributed by atoms with Gasteiger partial charge in [-0.05, 0) is 36.1 Å². The van der Waals surface area contributed by atoms with E-state index in [-0.39, 0.29) is 17.2 Å². The highest BCUT2D eigenvalue weighted by molar-refractivity contribution is 7.93. The summed E-state index contributed by atoms with van der Waals surface area (Å²) in [4.78, 5) is 17.1.